The second-order valence-corrected chi connectivity index (χ2v) is 7.04. The maximum Gasteiger partial charge on any atom is 0.221 e. The summed E-state index contributed by atoms with van der Waals surface area (Å²) in [5.74, 6) is 2.39. The van der Waals surface area contributed by atoms with Crippen molar-refractivity contribution >= 4 is 42.5 Å². The maximum atomic E-state index is 12.1. The molecule has 1 aromatic rings. The summed E-state index contributed by atoms with van der Waals surface area (Å²) in [6, 6.07) is 6.08. The van der Waals surface area contributed by atoms with Crippen LogP contribution in [0.25, 0.3) is 0 Å². The predicted molar refractivity (Wildman–Crippen MR) is 107 cm³/mol. The third kappa shape index (κ3) is 8.56. The van der Waals surface area contributed by atoms with Crippen LogP contribution in [0.3, 0.4) is 0 Å². The lowest BCUT2D eigenvalue weighted by Crippen LogP contribution is -2.46. The number of hydrogen-bond acceptors (Lipinski definition) is 4. The molecule has 24 heavy (non-hydrogen) atoms. The molecule has 0 aliphatic heterocycles. The number of nitrogens with one attached hydrogen (secondary N) is 1. The van der Waals surface area contributed by atoms with Crippen molar-refractivity contribution < 1.29 is 4.79 Å². The van der Waals surface area contributed by atoms with Gasteiger partial charge in [0.25, 0.3) is 0 Å². The van der Waals surface area contributed by atoms with Gasteiger partial charge in [0.2, 0.25) is 5.91 Å². The number of aromatic nitrogens is 1. The molecule has 4 nitrogen and oxygen atoms in total. The van der Waals surface area contributed by atoms with Crippen molar-refractivity contribution in [3.8, 4) is 0 Å². The average Bonchev–Trinajstić information content (AvgIpc) is 2.58. The Bertz CT molecular complexity index is 445. The van der Waals surface area contributed by atoms with Gasteiger partial charge >= 0.3 is 0 Å². The van der Waals surface area contributed by atoms with E-state index in [1.165, 1.54) is 32.1 Å². The lowest BCUT2D eigenvalue weighted by Gasteiger charge is -2.30. The second-order valence-electron chi connectivity index (χ2n) is 5.93. The smallest absolute Gasteiger partial charge is 0.221 e. The van der Waals surface area contributed by atoms with Crippen molar-refractivity contribution in [3.05, 3.63) is 30.1 Å². The molecule has 1 aliphatic carbocycles. The largest absolute Gasteiger partial charge is 0.352 e. The summed E-state index contributed by atoms with van der Waals surface area (Å²) in [5.41, 5.74) is 6.92. The van der Waals surface area contributed by atoms with E-state index in [0.29, 0.717) is 18.9 Å². The molecule has 3 N–H and O–H groups in total. The minimum absolute atomic E-state index is 0. The first-order valence-electron chi connectivity index (χ1n) is 8.26. The Balaban J connectivity index is 0.00000264. The molecular weight excluding hydrogens is 365 g/mol. The second kappa shape index (κ2) is 13.8. The number of halogens is 2. The highest BCUT2D eigenvalue weighted by Crippen LogP contribution is 2.26. The van der Waals surface area contributed by atoms with Gasteiger partial charge in [-0.05, 0) is 30.9 Å². The molecule has 1 fully saturated rings. The normalized spacial score (nSPS) is 15.7. The Hall–Kier alpha value is -0.490. The Morgan fingerprint density at radius 2 is 2.04 bits per heavy atom. The Morgan fingerprint density at radius 1 is 1.29 bits per heavy atom. The van der Waals surface area contributed by atoms with Crippen LogP contribution in [0, 0.1) is 5.92 Å². The van der Waals surface area contributed by atoms with Crippen molar-refractivity contribution in [1.29, 1.82) is 0 Å². The van der Waals surface area contributed by atoms with E-state index < -0.39 is 0 Å². The lowest BCUT2D eigenvalue weighted by atomic mass is 9.84. The minimum atomic E-state index is 0. The number of nitrogens with two attached hydrogens (primary N) is 1. The monoisotopic (exact) mass is 393 g/mol. The number of thioether (sulfide) groups is 1. The summed E-state index contributed by atoms with van der Waals surface area (Å²) in [6.07, 6.45) is 8.65. The van der Waals surface area contributed by atoms with Crippen molar-refractivity contribution in [2.75, 3.05) is 12.3 Å². The SMILES string of the molecule is Cl.Cl.NCC(NC(=O)CCSCc1ccccn1)C1CCCCC1. The third-order valence-electron chi connectivity index (χ3n) is 4.27. The van der Waals surface area contributed by atoms with Crippen LogP contribution in [0.4, 0.5) is 0 Å². The summed E-state index contributed by atoms with van der Waals surface area (Å²) in [6.45, 7) is 0.553. The molecular formula is C17H29Cl2N3OS. The summed E-state index contributed by atoms with van der Waals surface area (Å²) in [7, 11) is 0. The molecule has 1 saturated carbocycles. The summed E-state index contributed by atoms with van der Waals surface area (Å²) >= 11 is 1.75. The first-order valence-corrected chi connectivity index (χ1v) is 9.42. The number of pyridine rings is 1. The molecule has 1 aromatic heterocycles. The molecule has 2 rings (SSSR count). The minimum Gasteiger partial charge on any atom is -0.352 e. The highest BCUT2D eigenvalue weighted by atomic mass is 35.5. The van der Waals surface area contributed by atoms with Crippen LogP contribution >= 0.6 is 36.6 Å². The number of hydrogen-bond donors (Lipinski definition) is 2. The summed E-state index contributed by atoms with van der Waals surface area (Å²) in [5, 5.41) is 3.14. The van der Waals surface area contributed by atoms with E-state index in [0.717, 1.165) is 17.2 Å². The van der Waals surface area contributed by atoms with Gasteiger partial charge in [0, 0.05) is 36.7 Å². The molecule has 0 aromatic carbocycles. The standard InChI is InChI=1S/C17H27N3OS.2ClH/c18-12-16(14-6-2-1-3-7-14)20-17(21)9-11-22-13-15-8-4-5-10-19-15;;/h4-5,8,10,14,16H,1-3,6-7,9,11-13,18H2,(H,20,21);2*1H. The first kappa shape index (κ1) is 23.5. The van der Waals surface area contributed by atoms with E-state index >= 15 is 0 Å². The highest BCUT2D eigenvalue weighted by molar-refractivity contribution is 7.98. The fraction of sp³-hybridized carbons (Fsp3) is 0.647. The molecule has 0 saturated heterocycles. The van der Waals surface area contributed by atoms with Gasteiger partial charge in [-0.15, -0.1) is 24.8 Å². The van der Waals surface area contributed by atoms with E-state index in [-0.39, 0.29) is 36.8 Å². The van der Waals surface area contributed by atoms with Crippen LogP contribution in [-0.4, -0.2) is 29.2 Å². The van der Waals surface area contributed by atoms with Crippen LogP contribution in [0.2, 0.25) is 0 Å². The molecule has 0 spiro atoms. The summed E-state index contributed by atoms with van der Waals surface area (Å²) in [4.78, 5) is 16.4. The zero-order valence-electron chi connectivity index (χ0n) is 14.0. The quantitative estimate of drug-likeness (QED) is 0.662. The molecule has 7 heteroatoms. The molecule has 1 atom stereocenters. The van der Waals surface area contributed by atoms with Crippen molar-refractivity contribution in [2.24, 2.45) is 11.7 Å². The number of rotatable bonds is 8. The molecule has 138 valence electrons. The number of carbonyl (C=O) groups excluding carboxylic acids is 1. The van der Waals surface area contributed by atoms with E-state index in [9.17, 15) is 4.79 Å². The molecule has 1 heterocycles. The average molecular weight is 394 g/mol. The molecule has 1 unspecified atom stereocenters. The first-order chi connectivity index (χ1) is 10.8. The van der Waals surface area contributed by atoms with Gasteiger partial charge < -0.3 is 11.1 Å². The van der Waals surface area contributed by atoms with Gasteiger partial charge in [-0.2, -0.15) is 11.8 Å². The Kier molecular flexibility index (Phi) is 13.5. The molecule has 0 bridgehead atoms. The lowest BCUT2D eigenvalue weighted by molar-refractivity contribution is -0.121. The maximum absolute atomic E-state index is 12.1. The van der Waals surface area contributed by atoms with Crippen molar-refractivity contribution in [2.45, 2.75) is 50.3 Å². The van der Waals surface area contributed by atoms with E-state index in [1.54, 1.807) is 18.0 Å². The number of nitrogens with zero attached hydrogens (tertiary/aromatic N) is 1. The molecule has 1 amide bonds. The number of carbonyl (C=O) groups is 1. The fourth-order valence-electron chi connectivity index (χ4n) is 3.01. The topological polar surface area (TPSA) is 68.0 Å². The molecule has 1 aliphatic rings. The highest BCUT2D eigenvalue weighted by Gasteiger charge is 2.23. The van der Waals surface area contributed by atoms with Gasteiger partial charge in [-0.25, -0.2) is 0 Å². The van der Waals surface area contributed by atoms with Crippen molar-refractivity contribution in [1.82, 2.24) is 10.3 Å². The van der Waals surface area contributed by atoms with Gasteiger partial charge in [0.15, 0.2) is 0 Å². The number of amides is 1. The Morgan fingerprint density at radius 3 is 2.67 bits per heavy atom. The van der Waals surface area contributed by atoms with Gasteiger partial charge in [0.05, 0.1) is 5.69 Å². The van der Waals surface area contributed by atoms with Gasteiger partial charge in [-0.3, -0.25) is 9.78 Å². The van der Waals surface area contributed by atoms with E-state index in [4.69, 9.17) is 5.73 Å². The predicted octanol–water partition coefficient (Wildman–Crippen LogP) is 3.57. The van der Waals surface area contributed by atoms with Crippen LogP contribution in [-0.2, 0) is 10.5 Å². The third-order valence-corrected chi connectivity index (χ3v) is 5.26. The van der Waals surface area contributed by atoms with Crippen LogP contribution in [0.1, 0.15) is 44.2 Å². The zero-order valence-corrected chi connectivity index (χ0v) is 16.4. The van der Waals surface area contributed by atoms with Crippen LogP contribution in [0.5, 0.6) is 0 Å². The van der Waals surface area contributed by atoms with Gasteiger partial charge in [0.1, 0.15) is 0 Å². The fourth-order valence-corrected chi connectivity index (χ4v) is 3.86. The van der Waals surface area contributed by atoms with Crippen molar-refractivity contribution in [3.63, 3.8) is 0 Å². The van der Waals surface area contributed by atoms with Crippen LogP contribution in [0.15, 0.2) is 24.4 Å². The van der Waals surface area contributed by atoms with Crippen LogP contribution < -0.4 is 11.1 Å². The van der Waals surface area contributed by atoms with E-state index in [2.05, 4.69) is 10.3 Å². The Labute approximate surface area is 162 Å². The van der Waals surface area contributed by atoms with E-state index in [1.807, 2.05) is 18.2 Å². The van der Waals surface area contributed by atoms with Gasteiger partial charge in [-0.1, -0.05) is 25.3 Å². The molecule has 0 radical (unpaired) electrons. The zero-order chi connectivity index (χ0) is 15.6. The summed E-state index contributed by atoms with van der Waals surface area (Å²) < 4.78 is 0.